The molecule has 2 aromatic carbocycles. The molecule has 0 amide bonds. The Morgan fingerprint density at radius 3 is 2.38 bits per heavy atom. The topological polar surface area (TPSA) is 37.4 Å². The van der Waals surface area contributed by atoms with Gasteiger partial charge >= 0.3 is 0 Å². The Balaban J connectivity index is 2.33. The molecule has 112 valence electrons. The lowest BCUT2D eigenvalue weighted by molar-refractivity contribution is 0.465. The molecule has 3 nitrogen and oxygen atoms in total. The maximum Gasteiger partial charge on any atom is 0.243 e. The maximum absolute atomic E-state index is 12.7. The predicted molar refractivity (Wildman–Crippen MR) is 88.7 cm³/mol. The molecule has 0 heterocycles. The first-order valence-corrected chi connectivity index (χ1v) is 8.82. The highest BCUT2D eigenvalue weighted by molar-refractivity contribution is 9.10. The van der Waals surface area contributed by atoms with E-state index < -0.39 is 10.0 Å². The lowest BCUT2D eigenvalue weighted by Gasteiger charge is -2.19. The molecular weight excluding hydrogens is 350 g/mol. The highest BCUT2D eigenvalue weighted by Gasteiger charge is 2.23. The first-order valence-electron chi connectivity index (χ1n) is 6.59. The highest BCUT2D eigenvalue weighted by atomic mass is 79.9. The van der Waals surface area contributed by atoms with Crippen molar-refractivity contribution >= 4 is 26.0 Å². The first kappa shape index (κ1) is 16.2. The summed E-state index contributed by atoms with van der Waals surface area (Å²) in [6.45, 7) is 4.11. The molecule has 0 unspecified atom stereocenters. The van der Waals surface area contributed by atoms with Gasteiger partial charge in [-0.2, -0.15) is 4.31 Å². The van der Waals surface area contributed by atoms with Crippen LogP contribution in [-0.4, -0.2) is 19.8 Å². The van der Waals surface area contributed by atoms with Gasteiger partial charge in [0.2, 0.25) is 10.0 Å². The van der Waals surface area contributed by atoms with Gasteiger partial charge in [-0.3, -0.25) is 0 Å². The lowest BCUT2D eigenvalue weighted by atomic mass is 10.2. The number of hydrogen-bond acceptors (Lipinski definition) is 2. The molecule has 0 fully saturated rings. The van der Waals surface area contributed by atoms with Crippen LogP contribution in [0.2, 0.25) is 0 Å². The van der Waals surface area contributed by atoms with Crippen LogP contribution in [0.5, 0.6) is 0 Å². The summed E-state index contributed by atoms with van der Waals surface area (Å²) in [5.74, 6) is 0. The molecule has 5 heteroatoms. The third-order valence-electron chi connectivity index (χ3n) is 3.37. The van der Waals surface area contributed by atoms with Gasteiger partial charge in [0.25, 0.3) is 0 Å². The molecule has 0 atom stereocenters. The van der Waals surface area contributed by atoms with Crippen LogP contribution in [0.25, 0.3) is 0 Å². The molecule has 2 rings (SSSR count). The van der Waals surface area contributed by atoms with Crippen molar-refractivity contribution in [1.82, 2.24) is 4.31 Å². The van der Waals surface area contributed by atoms with E-state index in [-0.39, 0.29) is 0 Å². The van der Waals surface area contributed by atoms with E-state index in [1.165, 1.54) is 4.31 Å². The molecule has 21 heavy (non-hydrogen) atoms. The number of sulfonamides is 1. The third kappa shape index (κ3) is 3.54. The molecule has 0 N–H and O–H groups in total. The molecule has 0 bridgehead atoms. The lowest BCUT2D eigenvalue weighted by Crippen LogP contribution is -2.27. The zero-order valence-electron chi connectivity index (χ0n) is 12.3. The van der Waals surface area contributed by atoms with E-state index in [1.54, 1.807) is 13.1 Å². The van der Waals surface area contributed by atoms with Crippen molar-refractivity contribution in [2.75, 3.05) is 7.05 Å². The summed E-state index contributed by atoms with van der Waals surface area (Å²) < 4.78 is 27.7. The Hall–Kier alpha value is -1.17. The van der Waals surface area contributed by atoms with Gasteiger partial charge in [0.15, 0.2) is 0 Å². The van der Waals surface area contributed by atoms with Crippen molar-refractivity contribution in [3.8, 4) is 0 Å². The first-order chi connectivity index (χ1) is 9.82. The van der Waals surface area contributed by atoms with Gasteiger partial charge < -0.3 is 0 Å². The van der Waals surface area contributed by atoms with Gasteiger partial charge in [0.05, 0.1) is 4.90 Å². The number of rotatable bonds is 4. The quantitative estimate of drug-likeness (QED) is 0.821. The number of nitrogens with zero attached hydrogens (tertiary/aromatic N) is 1. The summed E-state index contributed by atoms with van der Waals surface area (Å²) in [5.41, 5.74) is 2.77. The van der Waals surface area contributed by atoms with Gasteiger partial charge in [-0.05, 0) is 37.1 Å². The average Bonchev–Trinajstić information content (AvgIpc) is 2.40. The van der Waals surface area contributed by atoms with Crippen LogP contribution in [-0.2, 0) is 16.6 Å². The Bertz CT molecular complexity index is 757. The van der Waals surface area contributed by atoms with Crippen LogP contribution in [0.1, 0.15) is 16.7 Å². The monoisotopic (exact) mass is 367 g/mol. The largest absolute Gasteiger partial charge is 0.243 e. The average molecular weight is 368 g/mol. The number of benzene rings is 2. The van der Waals surface area contributed by atoms with Crippen LogP contribution >= 0.6 is 15.9 Å². The van der Waals surface area contributed by atoms with Crippen LogP contribution in [0, 0.1) is 13.8 Å². The fraction of sp³-hybridized carbons (Fsp3) is 0.250. The Labute approximate surface area is 134 Å². The van der Waals surface area contributed by atoms with E-state index in [0.717, 1.165) is 21.2 Å². The van der Waals surface area contributed by atoms with Gasteiger partial charge in [-0.25, -0.2) is 8.42 Å². The number of hydrogen-bond donors (Lipinski definition) is 0. The van der Waals surface area contributed by atoms with E-state index in [1.807, 2.05) is 50.2 Å². The summed E-state index contributed by atoms with van der Waals surface area (Å²) in [7, 11) is -1.88. The standard InChI is InChI=1S/C16H18BrNO2S/c1-12-8-9-16(13(2)10-12)21(19,20)18(3)11-14-6-4-5-7-15(14)17/h4-10H,11H2,1-3H3. The molecule has 0 radical (unpaired) electrons. The maximum atomic E-state index is 12.7. The van der Waals surface area contributed by atoms with Crippen molar-refractivity contribution in [1.29, 1.82) is 0 Å². The molecular formula is C16H18BrNO2S. The summed E-state index contributed by atoms with van der Waals surface area (Å²) in [6.07, 6.45) is 0. The van der Waals surface area contributed by atoms with Gasteiger partial charge in [-0.15, -0.1) is 0 Å². The van der Waals surface area contributed by atoms with Crippen molar-refractivity contribution in [2.45, 2.75) is 25.3 Å². The molecule has 0 aliphatic carbocycles. The van der Waals surface area contributed by atoms with E-state index in [4.69, 9.17) is 0 Å². The Kier molecular flexibility index (Phi) is 4.86. The van der Waals surface area contributed by atoms with Gasteiger partial charge in [-0.1, -0.05) is 51.8 Å². The van der Waals surface area contributed by atoms with Crippen molar-refractivity contribution in [2.24, 2.45) is 0 Å². The zero-order valence-corrected chi connectivity index (χ0v) is 14.7. The third-order valence-corrected chi connectivity index (χ3v) is 6.11. The zero-order chi connectivity index (χ0) is 15.6. The van der Waals surface area contributed by atoms with Crippen molar-refractivity contribution < 1.29 is 8.42 Å². The van der Waals surface area contributed by atoms with Crippen molar-refractivity contribution in [3.63, 3.8) is 0 Å². The van der Waals surface area contributed by atoms with E-state index in [0.29, 0.717) is 11.4 Å². The Morgan fingerprint density at radius 1 is 1.10 bits per heavy atom. The smallest absolute Gasteiger partial charge is 0.207 e. The summed E-state index contributed by atoms with van der Waals surface area (Å²) in [6, 6.07) is 13.0. The molecule has 0 saturated heterocycles. The Morgan fingerprint density at radius 2 is 1.76 bits per heavy atom. The van der Waals surface area contributed by atoms with Crippen LogP contribution < -0.4 is 0 Å². The van der Waals surface area contributed by atoms with Crippen molar-refractivity contribution in [3.05, 3.63) is 63.6 Å². The summed E-state index contributed by atoms with van der Waals surface area (Å²) in [4.78, 5) is 0.364. The fourth-order valence-corrected chi connectivity index (χ4v) is 3.97. The number of halogens is 1. The fourth-order valence-electron chi connectivity index (χ4n) is 2.21. The van der Waals surface area contributed by atoms with Crippen LogP contribution in [0.3, 0.4) is 0 Å². The molecule has 0 aliphatic rings. The minimum absolute atomic E-state index is 0.330. The van der Waals surface area contributed by atoms with Crippen LogP contribution in [0.15, 0.2) is 51.8 Å². The minimum atomic E-state index is -3.49. The highest BCUT2D eigenvalue weighted by Crippen LogP contribution is 2.23. The second kappa shape index (κ2) is 6.30. The normalized spacial score (nSPS) is 11.9. The molecule has 0 spiro atoms. The SMILES string of the molecule is Cc1ccc(S(=O)(=O)N(C)Cc2ccccc2Br)c(C)c1. The molecule has 0 saturated carbocycles. The predicted octanol–water partition coefficient (Wildman–Crippen LogP) is 3.89. The minimum Gasteiger partial charge on any atom is -0.207 e. The second-order valence-corrected chi connectivity index (χ2v) is 7.99. The van der Waals surface area contributed by atoms with E-state index >= 15 is 0 Å². The second-order valence-electron chi connectivity index (χ2n) is 5.12. The summed E-state index contributed by atoms with van der Waals surface area (Å²) in [5, 5.41) is 0. The molecule has 0 aliphatic heterocycles. The van der Waals surface area contributed by atoms with E-state index in [9.17, 15) is 8.42 Å². The number of aryl methyl sites for hydroxylation is 2. The van der Waals surface area contributed by atoms with Gasteiger partial charge in [0, 0.05) is 18.1 Å². The molecule has 2 aromatic rings. The van der Waals surface area contributed by atoms with Gasteiger partial charge in [0.1, 0.15) is 0 Å². The van der Waals surface area contributed by atoms with E-state index in [2.05, 4.69) is 15.9 Å². The van der Waals surface area contributed by atoms with Crippen LogP contribution in [0.4, 0.5) is 0 Å². The molecule has 0 aromatic heterocycles. The summed E-state index contributed by atoms with van der Waals surface area (Å²) >= 11 is 3.45.